The smallest absolute Gasteiger partial charge is 0.0900 e. The molecule has 0 unspecified atom stereocenters. The van der Waals surface area contributed by atoms with Crippen LogP contribution in [0.2, 0.25) is 0 Å². The average molecular weight is 148 g/mol. The highest BCUT2D eigenvalue weighted by Crippen LogP contribution is 2.26. The second-order valence-electron chi connectivity index (χ2n) is 2.44. The summed E-state index contributed by atoms with van der Waals surface area (Å²) in [4.78, 5) is 8.25. The summed E-state index contributed by atoms with van der Waals surface area (Å²) >= 11 is 0. The second-order valence-corrected chi connectivity index (χ2v) is 2.44. The highest BCUT2D eigenvalue weighted by molar-refractivity contribution is 5.75. The highest BCUT2D eigenvalue weighted by atomic mass is 16.3. The molecule has 0 saturated carbocycles. The van der Waals surface area contributed by atoms with E-state index in [-0.39, 0.29) is 6.61 Å². The summed E-state index contributed by atoms with van der Waals surface area (Å²) in [7, 11) is 0. The van der Waals surface area contributed by atoms with Gasteiger partial charge in [-0.15, -0.1) is 0 Å². The Kier molecular flexibility index (Phi) is 1.43. The van der Waals surface area contributed by atoms with Crippen LogP contribution in [0.1, 0.15) is 11.3 Å². The predicted molar refractivity (Wildman–Crippen MR) is 42.0 cm³/mol. The number of rotatable bonds is 1. The van der Waals surface area contributed by atoms with Gasteiger partial charge >= 0.3 is 0 Å². The zero-order valence-corrected chi connectivity index (χ0v) is 5.99. The van der Waals surface area contributed by atoms with Crippen molar-refractivity contribution in [3.63, 3.8) is 0 Å². The van der Waals surface area contributed by atoms with Crippen molar-refractivity contribution in [1.82, 2.24) is 4.98 Å². The first-order chi connectivity index (χ1) is 5.42. The van der Waals surface area contributed by atoms with Gasteiger partial charge in [0.25, 0.3) is 0 Å². The van der Waals surface area contributed by atoms with E-state index in [1.807, 2.05) is 6.21 Å². The summed E-state index contributed by atoms with van der Waals surface area (Å²) in [5, 5.41) is 8.90. The number of fused-ring (bicyclic) bond motifs is 1. The van der Waals surface area contributed by atoms with Crippen molar-refractivity contribution in [2.24, 2.45) is 4.99 Å². The molecular formula is C8H8N2O. The van der Waals surface area contributed by atoms with Crippen LogP contribution in [0.15, 0.2) is 17.3 Å². The van der Waals surface area contributed by atoms with E-state index in [4.69, 9.17) is 5.11 Å². The quantitative estimate of drug-likeness (QED) is 0.641. The van der Waals surface area contributed by atoms with Crippen LogP contribution in [0.4, 0.5) is 5.69 Å². The van der Waals surface area contributed by atoms with Crippen molar-refractivity contribution in [1.29, 1.82) is 0 Å². The van der Waals surface area contributed by atoms with E-state index in [9.17, 15) is 0 Å². The fraction of sp³-hybridized carbons (Fsp3) is 0.250. The predicted octanol–water partition coefficient (Wildman–Crippen LogP) is 0.832. The summed E-state index contributed by atoms with van der Waals surface area (Å²) in [5.41, 5.74) is 2.69. The average Bonchev–Trinajstić information content (AvgIpc) is 2.50. The van der Waals surface area contributed by atoms with E-state index >= 15 is 0 Å². The van der Waals surface area contributed by atoms with Crippen molar-refractivity contribution >= 4 is 11.9 Å². The zero-order valence-electron chi connectivity index (χ0n) is 5.99. The molecule has 0 spiro atoms. The summed E-state index contributed by atoms with van der Waals surface area (Å²) in [6.07, 6.45) is 4.32. The molecule has 0 radical (unpaired) electrons. The lowest BCUT2D eigenvalue weighted by Crippen LogP contribution is -1.89. The summed E-state index contributed by atoms with van der Waals surface area (Å²) in [6.45, 7) is 0.0438. The first-order valence-corrected chi connectivity index (χ1v) is 3.52. The standard InChI is InChI=1S/C8H8N2O/c11-5-6-1-3-9-7-2-4-10-8(6)7/h1,3-4,11H,2,5H2. The van der Waals surface area contributed by atoms with Crippen LogP contribution in [0.3, 0.4) is 0 Å². The molecule has 0 aliphatic carbocycles. The van der Waals surface area contributed by atoms with Gasteiger partial charge in [0.15, 0.2) is 0 Å². The number of nitrogens with zero attached hydrogens (tertiary/aromatic N) is 2. The number of aliphatic hydroxyl groups is 1. The normalized spacial score (nSPS) is 13.5. The van der Waals surface area contributed by atoms with Gasteiger partial charge in [0, 0.05) is 24.4 Å². The van der Waals surface area contributed by atoms with Crippen molar-refractivity contribution in [3.8, 4) is 0 Å². The van der Waals surface area contributed by atoms with E-state index in [1.165, 1.54) is 0 Å². The van der Waals surface area contributed by atoms with Crippen LogP contribution in [-0.2, 0) is 13.0 Å². The van der Waals surface area contributed by atoms with Crippen LogP contribution in [0.5, 0.6) is 0 Å². The molecule has 3 heteroatoms. The van der Waals surface area contributed by atoms with E-state index in [2.05, 4.69) is 9.98 Å². The lowest BCUT2D eigenvalue weighted by Gasteiger charge is -2.00. The molecule has 56 valence electrons. The third-order valence-electron chi connectivity index (χ3n) is 1.76. The van der Waals surface area contributed by atoms with E-state index in [1.54, 1.807) is 12.3 Å². The van der Waals surface area contributed by atoms with Gasteiger partial charge < -0.3 is 5.11 Å². The lowest BCUT2D eigenvalue weighted by atomic mass is 10.2. The summed E-state index contributed by atoms with van der Waals surface area (Å²) in [5.74, 6) is 0. The number of aliphatic hydroxyl groups excluding tert-OH is 1. The molecule has 0 fully saturated rings. The number of hydrogen-bond acceptors (Lipinski definition) is 3. The van der Waals surface area contributed by atoms with Gasteiger partial charge in [0.2, 0.25) is 0 Å². The molecule has 0 saturated heterocycles. The molecule has 2 heterocycles. The van der Waals surface area contributed by atoms with Gasteiger partial charge in [-0.1, -0.05) is 0 Å². The monoisotopic (exact) mass is 148 g/mol. The Hall–Kier alpha value is -1.22. The first-order valence-electron chi connectivity index (χ1n) is 3.52. The molecule has 1 N–H and O–H groups in total. The maximum atomic E-state index is 8.90. The number of aliphatic imine (C=N–C) groups is 1. The Morgan fingerprint density at radius 3 is 3.27 bits per heavy atom. The molecule has 0 aromatic carbocycles. The maximum absolute atomic E-state index is 8.90. The fourth-order valence-electron chi connectivity index (χ4n) is 1.20. The fourth-order valence-corrected chi connectivity index (χ4v) is 1.20. The van der Waals surface area contributed by atoms with Crippen molar-refractivity contribution in [2.45, 2.75) is 13.0 Å². The van der Waals surface area contributed by atoms with Crippen LogP contribution in [-0.4, -0.2) is 16.3 Å². The van der Waals surface area contributed by atoms with Gasteiger partial charge in [-0.25, -0.2) is 0 Å². The molecule has 0 amide bonds. The largest absolute Gasteiger partial charge is 0.392 e. The Bertz CT molecular complexity index is 307. The third-order valence-corrected chi connectivity index (χ3v) is 1.76. The number of hydrogen-bond donors (Lipinski definition) is 1. The van der Waals surface area contributed by atoms with Crippen LogP contribution in [0.25, 0.3) is 0 Å². The number of pyridine rings is 1. The Balaban J connectivity index is 2.57. The highest BCUT2D eigenvalue weighted by Gasteiger charge is 2.10. The van der Waals surface area contributed by atoms with Crippen LogP contribution >= 0.6 is 0 Å². The third kappa shape index (κ3) is 0.935. The van der Waals surface area contributed by atoms with Crippen molar-refractivity contribution in [2.75, 3.05) is 0 Å². The molecule has 0 bridgehead atoms. The van der Waals surface area contributed by atoms with E-state index in [0.717, 1.165) is 23.4 Å². The van der Waals surface area contributed by atoms with Gasteiger partial charge in [0.05, 0.1) is 18.0 Å². The Morgan fingerprint density at radius 2 is 2.45 bits per heavy atom. The van der Waals surface area contributed by atoms with Crippen molar-refractivity contribution in [3.05, 3.63) is 23.5 Å². The van der Waals surface area contributed by atoms with Crippen LogP contribution < -0.4 is 0 Å². The van der Waals surface area contributed by atoms with Gasteiger partial charge in [-0.2, -0.15) is 0 Å². The minimum absolute atomic E-state index is 0.0438. The molecule has 11 heavy (non-hydrogen) atoms. The molecule has 3 nitrogen and oxygen atoms in total. The van der Waals surface area contributed by atoms with Crippen LogP contribution in [0, 0.1) is 0 Å². The molecule has 2 rings (SSSR count). The van der Waals surface area contributed by atoms with Gasteiger partial charge in [-0.3, -0.25) is 9.98 Å². The van der Waals surface area contributed by atoms with Gasteiger partial charge in [0.1, 0.15) is 0 Å². The maximum Gasteiger partial charge on any atom is 0.0900 e. The van der Waals surface area contributed by atoms with E-state index in [0.29, 0.717) is 0 Å². The Labute approximate surface area is 64.4 Å². The zero-order chi connectivity index (χ0) is 7.68. The molecule has 1 aliphatic heterocycles. The summed E-state index contributed by atoms with van der Waals surface area (Å²) < 4.78 is 0. The topological polar surface area (TPSA) is 45.5 Å². The van der Waals surface area contributed by atoms with E-state index < -0.39 is 0 Å². The molecule has 1 aromatic heterocycles. The molecule has 1 aromatic rings. The summed E-state index contributed by atoms with van der Waals surface area (Å²) in [6, 6.07) is 1.79. The van der Waals surface area contributed by atoms with Gasteiger partial charge in [-0.05, 0) is 6.07 Å². The molecule has 0 atom stereocenters. The minimum atomic E-state index is 0.0438. The SMILES string of the molecule is OCc1ccnc2c1N=CC2. The number of aromatic nitrogens is 1. The molecule has 1 aliphatic rings. The minimum Gasteiger partial charge on any atom is -0.392 e. The second kappa shape index (κ2) is 2.43. The lowest BCUT2D eigenvalue weighted by molar-refractivity contribution is 0.282. The molecular weight excluding hydrogens is 140 g/mol. The van der Waals surface area contributed by atoms with Crippen molar-refractivity contribution < 1.29 is 5.11 Å². The first kappa shape index (κ1) is 6.49. The Morgan fingerprint density at radius 1 is 1.55 bits per heavy atom.